The van der Waals surface area contributed by atoms with Gasteiger partial charge in [0.2, 0.25) is 0 Å². The van der Waals surface area contributed by atoms with Crippen LogP contribution in [0.15, 0.2) is 40.9 Å². The van der Waals surface area contributed by atoms with Gasteiger partial charge in [0.1, 0.15) is 11.5 Å². The van der Waals surface area contributed by atoms with Crippen LogP contribution in [0.4, 0.5) is 0 Å². The van der Waals surface area contributed by atoms with Crippen LogP contribution in [0.2, 0.25) is 0 Å². The van der Waals surface area contributed by atoms with Gasteiger partial charge in [0.25, 0.3) is 0 Å². The number of hydrogen-bond acceptors (Lipinski definition) is 1. The topological polar surface area (TPSA) is 13.1 Å². The first kappa shape index (κ1) is 9.59. The maximum Gasteiger partial charge on any atom is 0.127 e. The molecule has 68 valence electrons. The maximum absolute atomic E-state index is 5.49. The fourth-order valence-electron chi connectivity index (χ4n) is 0.983. The van der Waals surface area contributed by atoms with Crippen molar-refractivity contribution in [1.29, 1.82) is 0 Å². The van der Waals surface area contributed by atoms with Crippen molar-refractivity contribution >= 4 is 12.2 Å². The molecule has 0 radical (unpaired) electrons. The lowest BCUT2D eigenvalue weighted by molar-refractivity contribution is 0.546. The van der Waals surface area contributed by atoms with Crippen LogP contribution in [0.25, 0.3) is 12.2 Å². The van der Waals surface area contributed by atoms with Gasteiger partial charge in [-0.05, 0) is 43.7 Å². The van der Waals surface area contributed by atoms with E-state index in [0.717, 1.165) is 17.1 Å². The highest BCUT2D eigenvalue weighted by molar-refractivity contribution is 5.53. The first-order chi connectivity index (χ1) is 6.26. The van der Waals surface area contributed by atoms with E-state index in [2.05, 4.69) is 6.58 Å². The van der Waals surface area contributed by atoms with E-state index in [-0.39, 0.29) is 0 Å². The highest BCUT2D eigenvalue weighted by atomic mass is 16.3. The zero-order valence-electron chi connectivity index (χ0n) is 8.08. The molecule has 0 aliphatic carbocycles. The molecule has 0 fully saturated rings. The molecule has 1 heterocycles. The minimum atomic E-state index is 0.866. The van der Waals surface area contributed by atoms with E-state index >= 15 is 0 Å². The molecular formula is C12H14O. The van der Waals surface area contributed by atoms with E-state index in [1.807, 2.05) is 44.2 Å². The first-order valence-corrected chi connectivity index (χ1v) is 4.29. The van der Waals surface area contributed by atoms with Gasteiger partial charge in [-0.25, -0.2) is 0 Å². The predicted molar refractivity (Wildman–Crippen MR) is 57.3 cm³/mol. The monoisotopic (exact) mass is 174 g/mol. The van der Waals surface area contributed by atoms with E-state index in [1.165, 1.54) is 0 Å². The molecule has 1 aromatic heterocycles. The molecule has 0 saturated carbocycles. The fourth-order valence-corrected chi connectivity index (χ4v) is 0.983. The second-order valence-corrected chi connectivity index (χ2v) is 2.83. The Kier molecular flexibility index (Phi) is 3.32. The van der Waals surface area contributed by atoms with E-state index in [4.69, 9.17) is 4.42 Å². The van der Waals surface area contributed by atoms with Crippen LogP contribution in [0.5, 0.6) is 0 Å². The molecule has 0 bridgehead atoms. The van der Waals surface area contributed by atoms with Gasteiger partial charge in [0.05, 0.1) is 0 Å². The Balaban J connectivity index is 2.86. The molecule has 1 aromatic rings. The minimum Gasteiger partial charge on any atom is -0.457 e. The Hall–Kier alpha value is -1.50. The van der Waals surface area contributed by atoms with Gasteiger partial charge < -0.3 is 4.42 Å². The van der Waals surface area contributed by atoms with E-state index < -0.39 is 0 Å². The Morgan fingerprint density at radius 3 is 2.69 bits per heavy atom. The zero-order chi connectivity index (χ0) is 9.68. The van der Waals surface area contributed by atoms with Gasteiger partial charge in [-0.3, -0.25) is 0 Å². The van der Waals surface area contributed by atoms with Crippen molar-refractivity contribution in [3.05, 3.63) is 48.0 Å². The molecule has 0 aliphatic rings. The summed E-state index contributed by atoms with van der Waals surface area (Å²) in [6, 6.07) is 3.89. The van der Waals surface area contributed by atoms with Crippen LogP contribution in [0.3, 0.4) is 0 Å². The number of allylic oxidation sites excluding steroid dienone is 3. The van der Waals surface area contributed by atoms with Crippen LogP contribution < -0.4 is 0 Å². The van der Waals surface area contributed by atoms with Crippen molar-refractivity contribution in [2.45, 2.75) is 13.8 Å². The molecule has 13 heavy (non-hydrogen) atoms. The van der Waals surface area contributed by atoms with Crippen molar-refractivity contribution in [1.82, 2.24) is 0 Å². The number of hydrogen-bond donors (Lipinski definition) is 0. The molecule has 0 unspecified atom stereocenters. The fraction of sp³-hybridized carbons (Fsp3) is 0.167. The van der Waals surface area contributed by atoms with E-state index in [1.54, 1.807) is 6.08 Å². The van der Waals surface area contributed by atoms with Gasteiger partial charge in [0, 0.05) is 0 Å². The molecule has 0 aromatic carbocycles. The number of furan rings is 1. The molecule has 0 atom stereocenters. The van der Waals surface area contributed by atoms with Crippen LogP contribution in [0, 0.1) is 0 Å². The average Bonchev–Trinajstić information content (AvgIpc) is 2.53. The summed E-state index contributed by atoms with van der Waals surface area (Å²) in [5.41, 5.74) is 1.10. The molecule has 0 saturated heterocycles. The predicted octanol–water partition coefficient (Wildman–Crippen LogP) is 3.90. The Bertz CT molecular complexity index is 340. The van der Waals surface area contributed by atoms with Gasteiger partial charge in [-0.1, -0.05) is 18.7 Å². The summed E-state index contributed by atoms with van der Waals surface area (Å²) in [6.45, 7) is 7.63. The molecule has 0 N–H and O–H groups in total. The lowest BCUT2D eigenvalue weighted by Crippen LogP contribution is -1.66. The summed E-state index contributed by atoms with van der Waals surface area (Å²) in [5, 5.41) is 0. The van der Waals surface area contributed by atoms with Crippen molar-refractivity contribution in [2.24, 2.45) is 0 Å². The molecule has 1 nitrogen and oxygen atoms in total. The van der Waals surface area contributed by atoms with Gasteiger partial charge in [0.15, 0.2) is 0 Å². The SMILES string of the molecule is C=C/C(C)=C\c1ccc(/C=C/C)o1. The normalized spacial score (nSPS) is 12.3. The molecule has 0 spiro atoms. The quantitative estimate of drug-likeness (QED) is 0.633. The summed E-state index contributed by atoms with van der Waals surface area (Å²) < 4.78 is 5.49. The number of rotatable bonds is 3. The van der Waals surface area contributed by atoms with Crippen molar-refractivity contribution in [2.75, 3.05) is 0 Å². The smallest absolute Gasteiger partial charge is 0.127 e. The summed E-state index contributed by atoms with van der Waals surface area (Å²) in [6.07, 6.45) is 7.64. The van der Waals surface area contributed by atoms with E-state index in [9.17, 15) is 0 Å². The van der Waals surface area contributed by atoms with Gasteiger partial charge >= 0.3 is 0 Å². The van der Waals surface area contributed by atoms with Gasteiger partial charge in [-0.2, -0.15) is 0 Å². The molecule has 0 amide bonds. The molecular weight excluding hydrogens is 160 g/mol. The summed E-state index contributed by atoms with van der Waals surface area (Å²) >= 11 is 0. The van der Waals surface area contributed by atoms with Crippen molar-refractivity contribution < 1.29 is 4.42 Å². The summed E-state index contributed by atoms with van der Waals surface area (Å²) in [7, 11) is 0. The molecule has 0 aliphatic heterocycles. The lowest BCUT2D eigenvalue weighted by Gasteiger charge is -1.88. The minimum absolute atomic E-state index is 0.866. The van der Waals surface area contributed by atoms with E-state index in [0.29, 0.717) is 0 Å². The Morgan fingerprint density at radius 1 is 1.38 bits per heavy atom. The van der Waals surface area contributed by atoms with Crippen molar-refractivity contribution in [3.63, 3.8) is 0 Å². The third-order valence-corrected chi connectivity index (χ3v) is 1.67. The second kappa shape index (κ2) is 4.51. The average molecular weight is 174 g/mol. The lowest BCUT2D eigenvalue weighted by atomic mass is 10.2. The van der Waals surface area contributed by atoms with Gasteiger partial charge in [-0.15, -0.1) is 0 Å². The maximum atomic E-state index is 5.49. The highest BCUT2D eigenvalue weighted by Gasteiger charge is 1.94. The van der Waals surface area contributed by atoms with Crippen molar-refractivity contribution in [3.8, 4) is 0 Å². The Labute approximate surface area is 79.1 Å². The zero-order valence-corrected chi connectivity index (χ0v) is 8.08. The van der Waals surface area contributed by atoms with Crippen LogP contribution in [0.1, 0.15) is 25.4 Å². The highest BCUT2D eigenvalue weighted by Crippen LogP contribution is 2.13. The van der Waals surface area contributed by atoms with Crippen LogP contribution in [-0.4, -0.2) is 0 Å². The van der Waals surface area contributed by atoms with Crippen LogP contribution in [-0.2, 0) is 0 Å². The molecule has 1 rings (SSSR count). The Morgan fingerprint density at radius 2 is 2.08 bits per heavy atom. The summed E-state index contributed by atoms with van der Waals surface area (Å²) in [5.74, 6) is 1.75. The molecule has 1 heteroatoms. The first-order valence-electron chi connectivity index (χ1n) is 4.29. The third kappa shape index (κ3) is 2.79. The van der Waals surface area contributed by atoms with Crippen LogP contribution >= 0.6 is 0 Å². The summed E-state index contributed by atoms with van der Waals surface area (Å²) in [4.78, 5) is 0. The second-order valence-electron chi connectivity index (χ2n) is 2.83. The largest absolute Gasteiger partial charge is 0.457 e. The third-order valence-electron chi connectivity index (χ3n) is 1.67. The standard InChI is InChI=1S/C12H14O/c1-4-6-11-7-8-12(13-11)9-10(3)5-2/h4-9H,2H2,1,3H3/b6-4+,10-9-.